The van der Waals surface area contributed by atoms with Crippen molar-refractivity contribution in [3.8, 4) is 11.7 Å². The molecule has 0 aliphatic rings. The molecule has 4 rings (SSSR count). The van der Waals surface area contributed by atoms with Gasteiger partial charge in [0.15, 0.2) is 11.6 Å². The van der Waals surface area contributed by atoms with Crippen molar-refractivity contribution >= 4 is 16.9 Å². The highest BCUT2D eigenvalue weighted by molar-refractivity contribution is 5.84. The first-order chi connectivity index (χ1) is 13.7. The monoisotopic (exact) mass is 379 g/mol. The largest absolute Gasteiger partial charge is 0.459 e. The van der Waals surface area contributed by atoms with Crippen LogP contribution in [-0.2, 0) is 17.8 Å². The zero-order valence-electron chi connectivity index (χ0n) is 15.8. The summed E-state index contributed by atoms with van der Waals surface area (Å²) in [6, 6.07) is 11.0. The Morgan fingerprint density at radius 3 is 2.79 bits per heavy atom. The van der Waals surface area contributed by atoms with E-state index in [1.165, 1.54) is 6.26 Å². The van der Waals surface area contributed by atoms with Crippen molar-refractivity contribution in [2.24, 2.45) is 0 Å². The Morgan fingerprint density at radius 2 is 2.04 bits per heavy atom. The number of nitrogens with one attached hydrogen (secondary N) is 1. The summed E-state index contributed by atoms with van der Waals surface area (Å²) in [5, 5.41) is 6.81. The summed E-state index contributed by atoms with van der Waals surface area (Å²) in [4.78, 5) is 21.8. The van der Waals surface area contributed by atoms with Crippen LogP contribution in [0.1, 0.15) is 38.0 Å². The van der Waals surface area contributed by atoms with E-state index in [0.717, 1.165) is 23.3 Å². The van der Waals surface area contributed by atoms with Crippen molar-refractivity contribution in [2.75, 3.05) is 0 Å². The first kappa shape index (κ1) is 18.0. The normalized spacial score (nSPS) is 12.4. The van der Waals surface area contributed by atoms with Gasteiger partial charge in [0, 0.05) is 6.42 Å². The number of carbonyl (C=O) groups is 1. The molecule has 0 radical (unpaired) electrons. The van der Waals surface area contributed by atoms with E-state index in [0.29, 0.717) is 18.0 Å². The lowest BCUT2D eigenvalue weighted by atomic mass is 10.2. The van der Waals surface area contributed by atoms with Gasteiger partial charge in [-0.05, 0) is 30.7 Å². The number of benzene rings is 1. The number of imidazole rings is 1. The van der Waals surface area contributed by atoms with Crippen molar-refractivity contribution in [1.82, 2.24) is 25.0 Å². The van der Waals surface area contributed by atoms with Gasteiger partial charge in [0.05, 0.1) is 23.8 Å². The second-order valence-electron chi connectivity index (χ2n) is 6.38. The average Bonchev–Trinajstić information content (AvgIpc) is 3.46. The Kier molecular flexibility index (Phi) is 4.92. The van der Waals surface area contributed by atoms with Crippen LogP contribution in [0.4, 0.5) is 0 Å². The van der Waals surface area contributed by atoms with Crippen LogP contribution in [0.3, 0.4) is 0 Å². The third-order valence-electron chi connectivity index (χ3n) is 4.61. The summed E-state index contributed by atoms with van der Waals surface area (Å²) in [5.74, 6) is 1.96. The zero-order chi connectivity index (χ0) is 19.5. The molecule has 8 nitrogen and oxygen atoms in total. The molecule has 1 atom stereocenters. The first-order valence-corrected chi connectivity index (χ1v) is 9.31. The van der Waals surface area contributed by atoms with Gasteiger partial charge in [-0.1, -0.05) is 31.1 Å². The predicted octanol–water partition coefficient (Wildman–Crippen LogP) is 3.51. The Labute approximate surface area is 161 Å². The number of amides is 1. The summed E-state index contributed by atoms with van der Waals surface area (Å²) < 4.78 is 12.4. The molecule has 144 valence electrons. The third-order valence-corrected chi connectivity index (χ3v) is 4.61. The standard InChI is InChI=1S/C20H21N5O3/c1-3-14(25-15-9-6-5-8-13(15)22-18(25)4-2)19(26)21-12-17-23-20(28-24-17)16-10-7-11-27-16/h5-11,14H,3-4,12H2,1-2H3,(H,21,26). The molecule has 0 saturated carbocycles. The summed E-state index contributed by atoms with van der Waals surface area (Å²) in [7, 11) is 0. The minimum atomic E-state index is -0.362. The molecule has 3 heterocycles. The molecule has 1 unspecified atom stereocenters. The van der Waals surface area contributed by atoms with Crippen LogP contribution in [0.25, 0.3) is 22.7 Å². The fourth-order valence-electron chi connectivity index (χ4n) is 3.29. The quantitative estimate of drug-likeness (QED) is 0.527. The van der Waals surface area contributed by atoms with E-state index in [9.17, 15) is 4.79 Å². The second kappa shape index (κ2) is 7.67. The maximum absolute atomic E-state index is 12.9. The van der Waals surface area contributed by atoms with Crippen molar-refractivity contribution in [2.45, 2.75) is 39.3 Å². The van der Waals surface area contributed by atoms with E-state index in [4.69, 9.17) is 8.94 Å². The summed E-state index contributed by atoms with van der Waals surface area (Å²) in [6.07, 6.45) is 2.92. The number of furan rings is 1. The second-order valence-corrected chi connectivity index (χ2v) is 6.38. The van der Waals surface area contributed by atoms with Gasteiger partial charge in [-0.25, -0.2) is 4.98 Å². The van der Waals surface area contributed by atoms with Gasteiger partial charge in [-0.15, -0.1) is 0 Å². The highest BCUT2D eigenvalue weighted by atomic mass is 16.5. The maximum atomic E-state index is 12.9. The van der Waals surface area contributed by atoms with Gasteiger partial charge in [0.2, 0.25) is 5.91 Å². The van der Waals surface area contributed by atoms with E-state index in [-0.39, 0.29) is 24.4 Å². The number of nitrogens with zero attached hydrogens (tertiary/aromatic N) is 4. The fourth-order valence-corrected chi connectivity index (χ4v) is 3.29. The summed E-state index contributed by atoms with van der Waals surface area (Å²) in [5.41, 5.74) is 1.85. The molecule has 28 heavy (non-hydrogen) atoms. The van der Waals surface area contributed by atoms with E-state index in [1.54, 1.807) is 12.1 Å². The van der Waals surface area contributed by atoms with E-state index < -0.39 is 0 Å². The lowest BCUT2D eigenvalue weighted by molar-refractivity contribution is -0.124. The molecule has 1 N–H and O–H groups in total. The molecule has 0 aliphatic carbocycles. The van der Waals surface area contributed by atoms with Crippen LogP contribution >= 0.6 is 0 Å². The molecule has 0 saturated heterocycles. The van der Waals surface area contributed by atoms with Gasteiger partial charge in [-0.2, -0.15) is 4.98 Å². The van der Waals surface area contributed by atoms with Gasteiger partial charge >= 0.3 is 0 Å². The molecule has 4 aromatic rings. The minimum Gasteiger partial charge on any atom is -0.459 e. The van der Waals surface area contributed by atoms with Gasteiger partial charge in [-0.3, -0.25) is 4.79 Å². The number of carbonyl (C=O) groups excluding carboxylic acids is 1. The number of rotatable bonds is 7. The highest BCUT2D eigenvalue weighted by Gasteiger charge is 2.24. The Hall–Kier alpha value is -3.42. The zero-order valence-corrected chi connectivity index (χ0v) is 15.8. The fraction of sp³-hybridized carbons (Fsp3) is 0.300. The summed E-state index contributed by atoms with van der Waals surface area (Å²) in [6.45, 7) is 4.20. The molecule has 1 aromatic carbocycles. The number of aromatic nitrogens is 4. The maximum Gasteiger partial charge on any atom is 0.293 e. The van der Waals surface area contributed by atoms with Crippen LogP contribution in [0.5, 0.6) is 0 Å². The predicted molar refractivity (Wildman–Crippen MR) is 102 cm³/mol. The summed E-state index contributed by atoms with van der Waals surface area (Å²) >= 11 is 0. The van der Waals surface area contributed by atoms with Gasteiger partial charge < -0.3 is 18.8 Å². The van der Waals surface area contributed by atoms with Gasteiger partial charge in [0.25, 0.3) is 5.89 Å². The van der Waals surface area contributed by atoms with Crippen molar-refractivity contribution < 1.29 is 13.7 Å². The molecule has 0 aliphatic heterocycles. The van der Waals surface area contributed by atoms with Gasteiger partial charge in [0.1, 0.15) is 11.9 Å². The Bertz CT molecular complexity index is 1080. The molecule has 3 aromatic heterocycles. The number of fused-ring (bicyclic) bond motifs is 1. The topological polar surface area (TPSA) is 99.0 Å². The van der Waals surface area contributed by atoms with Crippen LogP contribution < -0.4 is 5.32 Å². The van der Waals surface area contributed by atoms with Crippen LogP contribution in [0.15, 0.2) is 51.6 Å². The molecular weight excluding hydrogens is 358 g/mol. The number of para-hydroxylation sites is 2. The van der Waals surface area contributed by atoms with E-state index >= 15 is 0 Å². The van der Waals surface area contributed by atoms with Crippen LogP contribution in [0.2, 0.25) is 0 Å². The lowest BCUT2D eigenvalue weighted by Gasteiger charge is -2.19. The SMILES string of the molecule is CCc1nc2ccccc2n1C(CC)C(=O)NCc1noc(-c2ccco2)n1. The highest BCUT2D eigenvalue weighted by Crippen LogP contribution is 2.24. The third kappa shape index (κ3) is 3.28. The number of aryl methyl sites for hydroxylation is 1. The number of hydrogen-bond donors (Lipinski definition) is 1. The van der Waals surface area contributed by atoms with E-state index in [2.05, 4.69) is 20.4 Å². The molecule has 0 fully saturated rings. The Balaban J connectivity index is 1.52. The molecular formula is C20H21N5O3. The first-order valence-electron chi connectivity index (χ1n) is 9.31. The van der Waals surface area contributed by atoms with E-state index in [1.807, 2.05) is 42.7 Å². The van der Waals surface area contributed by atoms with Crippen molar-refractivity contribution in [1.29, 1.82) is 0 Å². The van der Waals surface area contributed by atoms with Crippen molar-refractivity contribution in [3.05, 3.63) is 54.3 Å². The Morgan fingerprint density at radius 1 is 1.18 bits per heavy atom. The van der Waals surface area contributed by atoms with Crippen LogP contribution in [0, 0.1) is 0 Å². The lowest BCUT2D eigenvalue weighted by Crippen LogP contribution is -2.33. The molecule has 0 bridgehead atoms. The molecule has 1 amide bonds. The molecule has 8 heteroatoms. The van der Waals surface area contributed by atoms with Crippen LogP contribution in [-0.4, -0.2) is 25.6 Å². The average molecular weight is 379 g/mol. The minimum absolute atomic E-state index is 0.107. The smallest absolute Gasteiger partial charge is 0.293 e. The van der Waals surface area contributed by atoms with Crippen molar-refractivity contribution in [3.63, 3.8) is 0 Å². The number of hydrogen-bond acceptors (Lipinski definition) is 6. The molecule has 0 spiro atoms.